The molecule has 0 fully saturated rings. The predicted molar refractivity (Wildman–Crippen MR) is 111 cm³/mol. The maximum atomic E-state index is 14.4. The Morgan fingerprint density at radius 1 is 1.25 bits per heavy atom. The zero-order valence-corrected chi connectivity index (χ0v) is 17.3. The first kappa shape index (κ1) is 20.3. The van der Waals surface area contributed by atoms with Crippen molar-refractivity contribution in [3.05, 3.63) is 76.0 Å². The molecule has 1 amide bonds. The van der Waals surface area contributed by atoms with Crippen molar-refractivity contribution in [3.8, 4) is 17.3 Å². The number of fused-ring (bicyclic) bond motifs is 2. The van der Waals surface area contributed by atoms with E-state index in [9.17, 15) is 23.9 Å². The number of nitrogens with zero attached hydrogens (tertiary/aromatic N) is 4. The number of nitriles is 1. The number of aliphatic hydroxyl groups excluding tert-OH is 1. The van der Waals surface area contributed by atoms with Crippen molar-refractivity contribution in [2.45, 2.75) is 38.5 Å². The lowest BCUT2D eigenvalue weighted by Crippen LogP contribution is -2.35. The first-order chi connectivity index (χ1) is 15.4. The first-order valence-corrected chi connectivity index (χ1v) is 10.4. The van der Waals surface area contributed by atoms with Gasteiger partial charge in [-0.2, -0.15) is 10.4 Å². The molecular weight excluding hydrogens is 414 g/mol. The summed E-state index contributed by atoms with van der Waals surface area (Å²) in [7, 11) is 0. The van der Waals surface area contributed by atoms with Gasteiger partial charge in [-0.15, -0.1) is 0 Å². The highest BCUT2D eigenvalue weighted by molar-refractivity contribution is 5.75. The van der Waals surface area contributed by atoms with Crippen LogP contribution in [0.2, 0.25) is 0 Å². The topological polar surface area (TPSA) is 82.2 Å². The zero-order valence-electron chi connectivity index (χ0n) is 17.3. The van der Waals surface area contributed by atoms with Gasteiger partial charge in [-0.3, -0.25) is 9.48 Å². The minimum Gasteiger partial charge on any atom is -0.390 e. The molecule has 1 aliphatic carbocycles. The minimum absolute atomic E-state index is 0.0597. The van der Waals surface area contributed by atoms with Crippen LogP contribution < -0.4 is 0 Å². The molecule has 162 valence electrons. The second-order valence-electron chi connectivity index (χ2n) is 8.27. The van der Waals surface area contributed by atoms with Gasteiger partial charge >= 0.3 is 0 Å². The van der Waals surface area contributed by atoms with Crippen molar-refractivity contribution in [1.82, 2.24) is 14.7 Å². The van der Waals surface area contributed by atoms with E-state index in [2.05, 4.69) is 6.07 Å². The number of aromatic nitrogens is 2. The summed E-state index contributed by atoms with van der Waals surface area (Å²) in [6.07, 6.45) is -0.398. The third-order valence-corrected chi connectivity index (χ3v) is 6.35. The zero-order chi connectivity index (χ0) is 22.6. The molecule has 2 aromatic carbocycles. The van der Waals surface area contributed by atoms with Crippen LogP contribution in [0.4, 0.5) is 8.78 Å². The van der Waals surface area contributed by atoms with Crippen molar-refractivity contribution in [3.63, 3.8) is 0 Å². The lowest BCUT2D eigenvalue weighted by molar-refractivity contribution is -0.129. The van der Waals surface area contributed by atoms with Crippen LogP contribution in [-0.4, -0.2) is 38.3 Å². The largest absolute Gasteiger partial charge is 0.390 e. The van der Waals surface area contributed by atoms with E-state index < -0.39 is 23.8 Å². The average molecular weight is 434 g/mol. The smallest absolute Gasteiger partial charge is 0.219 e. The molecule has 0 spiro atoms. The molecule has 2 atom stereocenters. The van der Waals surface area contributed by atoms with E-state index in [1.54, 1.807) is 27.8 Å². The van der Waals surface area contributed by atoms with Crippen molar-refractivity contribution >= 4 is 5.91 Å². The van der Waals surface area contributed by atoms with Gasteiger partial charge in [-0.25, -0.2) is 8.78 Å². The van der Waals surface area contributed by atoms with Crippen LogP contribution in [-0.2, 0) is 24.2 Å². The molecule has 1 aliphatic heterocycles. The van der Waals surface area contributed by atoms with E-state index in [4.69, 9.17) is 5.10 Å². The molecule has 8 heteroatoms. The third kappa shape index (κ3) is 3.17. The fourth-order valence-electron chi connectivity index (χ4n) is 4.84. The molecule has 0 radical (unpaired) electrons. The molecule has 0 bridgehead atoms. The summed E-state index contributed by atoms with van der Waals surface area (Å²) >= 11 is 0. The summed E-state index contributed by atoms with van der Waals surface area (Å²) in [4.78, 5) is 13.8. The Morgan fingerprint density at radius 2 is 2.06 bits per heavy atom. The van der Waals surface area contributed by atoms with Gasteiger partial charge in [0.05, 0.1) is 23.4 Å². The minimum atomic E-state index is -0.963. The Kier molecular flexibility index (Phi) is 4.79. The number of hydrogen-bond acceptors (Lipinski definition) is 4. The highest BCUT2D eigenvalue weighted by atomic mass is 19.1. The van der Waals surface area contributed by atoms with Crippen LogP contribution in [0.25, 0.3) is 11.3 Å². The summed E-state index contributed by atoms with van der Waals surface area (Å²) in [5, 5.41) is 24.9. The van der Waals surface area contributed by atoms with E-state index in [1.165, 1.54) is 13.0 Å². The maximum Gasteiger partial charge on any atom is 0.219 e. The molecule has 32 heavy (non-hydrogen) atoms. The van der Waals surface area contributed by atoms with Gasteiger partial charge < -0.3 is 10.0 Å². The van der Waals surface area contributed by atoms with Gasteiger partial charge in [0.25, 0.3) is 0 Å². The summed E-state index contributed by atoms with van der Waals surface area (Å²) < 4.78 is 30.1. The van der Waals surface area contributed by atoms with Crippen molar-refractivity contribution in [2.24, 2.45) is 0 Å². The van der Waals surface area contributed by atoms with Crippen LogP contribution in [0.3, 0.4) is 0 Å². The summed E-state index contributed by atoms with van der Waals surface area (Å²) in [5.41, 5.74) is 4.10. The van der Waals surface area contributed by atoms with Crippen molar-refractivity contribution < 1.29 is 18.7 Å². The fourth-order valence-corrected chi connectivity index (χ4v) is 4.84. The van der Waals surface area contributed by atoms with Crippen LogP contribution in [0.15, 0.2) is 36.4 Å². The van der Waals surface area contributed by atoms with Crippen LogP contribution in [0.5, 0.6) is 0 Å². The first-order valence-electron chi connectivity index (χ1n) is 10.4. The Hall–Kier alpha value is -3.57. The van der Waals surface area contributed by atoms with Gasteiger partial charge in [0, 0.05) is 55.7 Å². The van der Waals surface area contributed by atoms with Gasteiger partial charge in [0.15, 0.2) is 0 Å². The molecule has 0 unspecified atom stereocenters. The van der Waals surface area contributed by atoms with Crippen molar-refractivity contribution in [2.75, 3.05) is 6.54 Å². The summed E-state index contributed by atoms with van der Waals surface area (Å²) in [6.45, 7) is 2.33. The van der Waals surface area contributed by atoms with E-state index >= 15 is 0 Å². The van der Waals surface area contributed by atoms with Crippen LogP contribution in [0.1, 0.15) is 40.9 Å². The van der Waals surface area contributed by atoms with Gasteiger partial charge in [-0.1, -0.05) is 12.1 Å². The molecule has 6 nitrogen and oxygen atoms in total. The number of rotatable bonds is 2. The highest BCUT2D eigenvalue weighted by Crippen LogP contribution is 2.40. The van der Waals surface area contributed by atoms with E-state index in [-0.39, 0.29) is 12.3 Å². The normalized spacial score (nSPS) is 19.4. The number of aliphatic hydroxyl groups is 1. The summed E-state index contributed by atoms with van der Waals surface area (Å²) in [5.74, 6) is -1.44. The number of carbonyl (C=O) groups excluding carboxylic acids is 1. The maximum absolute atomic E-state index is 14.4. The van der Waals surface area contributed by atoms with E-state index in [0.717, 1.165) is 17.3 Å². The van der Waals surface area contributed by atoms with Crippen LogP contribution in [0, 0.1) is 23.0 Å². The lowest BCUT2D eigenvalue weighted by atomic mass is 9.99. The lowest BCUT2D eigenvalue weighted by Gasteiger charge is -2.28. The third-order valence-electron chi connectivity index (χ3n) is 6.35. The quantitative estimate of drug-likeness (QED) is 0.672. The molecule has 1 N–H and O–H groups in total. The predicted octanol–water partition coefficient (Wildman–Crippen LogP) is 3.11. The second kappa shape index (κ2) is 7.53. The molecule has 0 saturated carbocycles. The number of benzene rings is 2. The molecule has 0 saturated heterocycles. The number of carbonyl (C=O) groups is 1. The Morgan fingerprint density at radius 3 is 2.81 bits per heavy atom. The molecular formula is C24H20F2N4O2. The average Bonchev–Trinajstić information content (AvgIpc) is 3.30. The number of halogens is 2. The molecule has 2 aliphatic rings. The Labute approximate surface area is 183 Å². The van der Waals surface area contributed by atoms with E-state index in [1.807, 2.05) is 6.07 Å². The van der Waals surface area contributed by atoms with Gasteiger partial charge in [0.1, 0.15) is 17.7 Å². The van der Waals surface area contributed by atoms with Gasteiger partial charge in [-0.05, 0) is 29.3 Å². The standard InChI is InChI=1S/C24H20F2N4O2/c1-13(31)29-6-5-21-19(12-29)23(15-4-2-3-14(7-15)11-27)28-30(21)24-18-8-16(25)9-20(26)17(18)10-22(24)32/h2-4,7-9,22,24,32H,5-6,10,12H2,1H3/t22-,24+/m1/s1. The van der Waals surface area contributed by atoms with Crippen LogP contribution >= 0.6 is 0 Å². The highest BCUT2D eigenvalue weighted by Gasteiger charge is 2.39. The second-order valence-corrected chi connectivity index (χ2v) is 8.27. The van der Waals surface area contributed by atoms with E-state index in [0.29, 0.717) is 47.5 Å². The van der Waals surface area contributed by atoms with Gasteiger partial charge in [0.2, 0.25) is 5.91 Å². The number of hydrogen-bond donors (Lipinski definition) is 1. The SMILES string of the molecule is CC(=O)N1CCc2c(c(-c3cccc(C#N)c3)nn2[C@H]2c3cc(F)cc(F)c3C[C@H]2O)C1. The Bertz CT molecular complexity index is 1290. The summed E-state index contributed by atoms with van der Waals surface area (Å²) in [6, 6.07) is 10.5. The monoisotopic (exact) mass is 434 g/mol. The number of amides is 1. The molecule has 1 aromatic heterocycles. The van der Waals surface area contributed by atoms with Crippen molar-refractivity contribution in [1.29, 1.82) is 5.26 Å². The fraction of sp³-hybridized carbons (Fsp3) is 0.292. The molecule has 3 aromatic rings. The molecule has 2 heterocycles. The Balaban J connectivity index is 1.70. The molecule has 5 rings (SSSR count).